The van der Waals surface area contributed by atoms with E-state index in [9.17, 15) is 0 Å². The van der Waals surface area contributed by atoms with Gasteiger partial charge in [0.05, 0.1) is 20.4 Å². The number of rotatable bonds is 2. The van der Waals surface area contributed by atoms with Crippen LogP contribution < -0.4 is 9.47 Å². The Morgan fingerprint density at radius 2 is 2.00 bits per heavy atom. The molecule has 0 bridgehead atoms. The molecule has 0 N–H and O–H groups in total. The van der Waals surface area contributed by atoms with Crippen LogP contribution in [0.4, 0.5) is 0 Å². The van der Waals surface area contributed by atoms with Crippen LogP contribution in [0.1, 0.15) is 5.69 Å². The summed E-state index contributed by atoms with van der Waals surface area (Å²) in [5, 5.41) is 0. The Kier molecular flexibility index (Phi) is 2.25. The number of aromatic nitrogens is 2. The highest BCUT2D eigenvalue weighted by Crippen LogP contribution is 2.13. The smallest absolute Gasteiger partial charge is 0.235 e. The maximum Gasteiger partial charge on any atom is 0.235 e. The molecule has 0 aromatic carbocycles. The number of hydrogen-bond donors (Lipinski definition) is 0. The van der Waals surface area contributed by atoms with Crippen LogP contribution in [0.2, 0.25) is 0 Å². The molecular weight excluding hydrogens is 144 g/mol. The predicted molar refractivity (Wildman–Crippen MR) is 39.9 cm³/mol. The fraction of sp³-hybridized carbons (Fsp3) is 0.429. The molecule has 0 aliphatic heterocycles. The maximum absolute atomic E-state index is 4.92. The van der Waals surface area contributed by atoms with Gasteiger partial charge in [-0.05, 0) is 6.92 Å². The number of nitrogens with zero attached hydrogens (tertiary/aromatic N) is 2. The summed E-state index contributed by atoms with van der Waals surface area (Å²) in [6.45, 7) is 1.81. The Balaban J connectivity index is 2.99. The molecule has 0 unspecified atom stereocenters. The maximum atomic E-state index is 4.92. The predicted octanol–water partition coefficient (Wildman–Crippen LogP) is 0.802. The Morgan fingerprint density at radius 3 is 2.45 bits per heavy atom. The van der Waals surface area contributed by atoms with Crippen LogP contribution in [0.3, 0.4) is 0 Å². The molecule has 0 atom stereocenters. The molecule has 0 aliphatic carbocycles. The molecule has 0 radical (unpaired) electrons. The van der Waals surface area contributed by atoms with Crippen molar-refractivity contribution in [3.63, 3.8) is 0 Å². The van der Waals surface area contributed by atoms with Crippen molar-refractivity contribution in [3.8, 4) is 11.8 Å². The highest BCUT2D eigenvalue weighted by atomic mass is 16.5. The Hall–Kier alpha value is -1.32. The first-order valence-electron chi connectivity index (χ1n) is 3.19. The summed E-state index contributed by atoms with van der Waals surface area (Å²) in [5.74, 6) is 1.04. The zero-order valence-corrected chi connectivity index (χ0v) is 6.79. The van der Waals surface area contributed by atoms with Crippen LogP contribution >= 0.6 is 0 Å². The van der Waals surface area contributed by atoms with Crippen molar-refractivity contribution in [1.82, 2.24) is 9.97 Å². The summed E-state index contributed by atoms with van der Waals surface area (Å²) < 4.78 is 9.78. The van der Waals surface area contributed by atoms with Crippen LogP contribution in [0.5, 0.6) is 11.8 Å². The van der Waals surface area contributed by atoms with Gasteiger partial charge in [-0.3, -0.25) is 0 Å². The van der Waals surface area contributed by atoms with Crippen molar-refractivity contribution in [2.45, 2.75) is 6.92 Å². The van der Waals surface area contributed by atoms with Crippen molar-refractivity contribution >= 4 is 0 Å². The van der Waals surface area contributed by atoms with Gasteiger partial charge in [0.1, 0.15) is 5.69 Å². The first-order chi connectivity index (χ1) is 5.27. The lowest BCUT2D eigenvalue weighted by molar-refractivity contribution is 0.371. The zero-order chi connectivity index (χ0) is 8.27. The van der Waals surface area contributed by atoms with E-state index in [0.29, 0.717) is 11.8 Å². The molecule has 1 aromatic heterocycles. The second kappa shape index (κ2) is 3.18. The Bertz CT molecular complexity index is 250. The Labute approximate surface area is 65.2 Å². The van der Waals surface area contributed by atoms with Crippen LogP contribution in [0, 0.1) is 6.92 Å². The number of ether oxygens (including phenoxy) is 2. The lowest BCUT2D eigenvalue weighted by atomic mass is 10.5. The summed E-state index contributed by atoms with van der Waals surface area (Å²) in [4.78, 5) is 8.01. The monoisotopic (exact) mass is 154 g/mol. The molecule has 4 nitrogen and oxygen atoms in total. The highest BCUT2D eigenvalue weighted by molar-refractivity contribution is 5.20. The molecular formula is C7H10N2O2. The summed E-state index contributed by atoms with van der Waals surface area (Å²) >= 11 is 0. The molecule has 4 heteroatoms. The standard InChI is InChI=1S/C7H10N2O2/c1-5-7(11-3)8-4-6(9-5)10-2/h4H,1-3H3. The van der Waals surface area contributed by atoms with E-state index in [1.807, 2.05) is 6.92 Å². The van der Waals surface area contributed by atoms with E-state index in [-0.39, 0.29) is 0 Å². The van der Waals surface area contributed by atoms with E-state index in [1.165, 1.54) is 6.20 Å². The average molecular weight is 154 g/mol. The molecule has 0 aliphatic rings. The lowest BCUT2D eigenvalue weighted by Crippen LogP contribution is -1.96. The zero-order valence-electron chi connectivity index (χ0n) is 6.79. The average Bonchev–Trinajstić information content (AvgIpc) is 2.04. The van der Waals surface area contributed by atoms with E-state index in [2.05, 4.69) is 9.97 Å². The second-order valence-electron chi connectivity index (χ2n) is 2.01. The molecule has 0 saturated carbocycles. The Morgan fingerprint density at radius 1 is 1.27 bits per heavy atom. The molecule has 1 heterocycles. The highest BCUT2D eigenvalue weighted by Gasteiger charge is 2.01. The van der Waals surface area contributed by atoms with Crippen LogP contribution in [0.15, 0.2) is 6.20 Å². The minimum Gasteiger partial charge on any atom is -0.480 e. The van der Waals surface area contributed by atoms with Gasteiger partial charge in [0.25, 0.3) is 0 Å². The number of aryl methyl sites for hydroxylation is 1. The van der Waals surface area contributed by atoms with Gasteiger partial charge in [-0.25, -0.2) is 9.97 Å². The normalized spacial score (nSPS) is 9.36. The fourth-order valence-corrected chi connectivity index (χ4v) is 0.748. The molecule has 60 valence electrons. The quantitative estimate of drug-likeness (QED) is 0.632. The first kappa shape index (κ1) is 7.78. The van der Waals surface area contributed by atoms with Gasteiger partial charge < -0.3 is 9.47 Å². The van der Waals surface area contributed by atoms with Gasteiger partial charge in [-0.2, -0.15) is 0 Å². The summed E-state index contributed by atoms with van der Waals surface area (Å²) in [7, 11) is 3.11. The molecule has 1 rings (SSSR count). The van der Waals surface area contributed by atoms with Crippen LogP contribution in [-0.2, 0) is 0 Å². The third-order valence-electron chi connectivity index (χ3n) is 1.28. The van der Waals surface area contributed by atoms with Crippen molar-refractivity contribution in [3.05, 3.63) is 11.9 Å². The SMILES string of the molecule is COc1cnc(OC)c(C)n1. The summed E-state index contributed by atoms with van der Waals surface area (Å²) in [5.41, 5.74) is 0.729. The van der Waals surface area contributed by atoms with Crippen LogP contribution in [0.25, 0.3) is 0 Å². The third-order valence-corrected chi connectivity index (χ3v) is 1.28. The van der Waals surface area contributed by atoms with Crippen molar-refractivity contribution < 1.29 is 9.47 Å². The van der Waals surface area contributed by atoms with Gasteiger partial charge in [-0.1, -0.05) is 0 Å². The topological polar surface area (TPSA) is 44.2 Å². The first-order valence-corrected chi connectivity index (χ1v) is 3.19. The molecule has 0 fully saturated rings. The van der Waals surface area contributed by atoms with E-state index in [1.54, 1.807) is 14.2 Å². The van der Waals surface area contributed by atoms with Gasteiger partial charge in [0.15, 0.2) is 0 Å². The molecule has 0 amide bonds. The number of hydrogen-bond acceptors (Lipinski definition) is 4. The van der Waals surface area contributed by atoms with E-state index in [4.69, 9.17) is 9.47 Å². The molecule has 1 aromatic rings. The molecule has 0 saturated heterocycles. The van der Waals surface area contributed by atoms with Crippen molar-refractivity contribution in [2.75, 3.05) is 14.2 Å². The molecule has 0 spiro atoms. The summed E-state index contributed by atoms with van der Waals surface area (Å²) in [6.07, 6.45) is 1.52. The van der Waals surface area contributed by atoms with Gasteiger partial charge in [0, 0.05) is 0 Å². The van der Waals surface area contributed by atoms with Crippen molar-refractivity contribution in [2.24, 2.45) is 0 Å². The summed E-state index contributed by atoms with van der Waals surface area (Å²) in [6, 6.07) is 0. The van der Waals surface area contributed by atoms with Crippen molar-refractivity contribution in [1.29, 1.82) is 0 Å². The van der Waals surface area contributed by atoms with Crippen LogP contribution in [-0.4, -0.2) is 24.2 Å². The fourth-order valence-electron chi connectivity index (χ4n) is 0.748. The van der Waals surface area contributed by atoms with E-state index < -0.39 is 0 Å². The number of methoxy groups -OCH3 is 2. The van der Waals surface area contributed by atoms with E-state index >= 15 is 0 Å². The van der Waals surface area contributed by atoms with Gasteiger partial charge in [0.2, 0.25) is 11.8 Å². The van der Waals surface area contributed by atoms with E-state index in [0.717, 1.165) is 5.69 Å². The lowest BCUT2D eigenvalue weighted by Gasteiger charge is -2.03. The van der Waals surface area contributed by atoms with Gasteiger partial charge in [-0.15, -0.1) is 0 Å². The minimum atomic E-state index is 0.503. The second-order valence-corrected chi connectivity index (χ2v) is 2.01. The minimum absolute atomic E-state index is 0.503. The molecule has 11 heavy (non-hydrogen) atoms. The largest absolute Gasteiger partial charge is 0.480 e. The van der Waals surface area contributed by atoms with Gasteiger partial charge >= 0.3 is 0 Å². The third kappa shape index (κ3) is 1.58.